The van der Waals surface area contributed by atoms with E-state index in [4.69, 9.17) is 16.9 Å². The van der Waals surface area contributed by atoms with Crippen molar-refractivity contribution in [1.29, 1.82) is 5.26 Å². The Kier molecular flexibility index (Phi) is 6.01. The summed E-state index contributed by atoms with van der Waals surface area (Å²) in [4.78, 5) is 22.3. The van der Waals surface area contributed by atoms with E-state index in [2.05, 4.69) is 47.9 Å². The number of fused-ring (bicyclic) bond motifs is 1. The molecule has 0 amide bonds. The van der Waals surface area contributed by atoms with Gasteiger partial charge >= 0.3 is 0 Å². The van der Waals surface area contributed by atoms with E-state index in [9.17, 15) is 0 Å². The van der Waals surface area contributed by atoms with Gasteiger partial charge in [0.05, 0.1) is 12.5 Å². The lowest BCUT2D eigenvalue weighted by atomic mass is 10.1. The molecule has 7 nitrogen and oxygen atoms in total. The summed E-state index contributed by atoms with van der Waals surface area (Å²) < 4.78 is 0. The fraction of sp³-hybridized carbons (Fsp3) is 0.381. The maximum absolute atomic E-state index is 9.14. The Hall–Kier alpha value is -2.98. The number of nitriles is 1. The molecule has 1 saturated heterocycles. The van der Waals surface area contributed by atoms with Crippen molar-refractivity contribution in [3.05, 3.63) is 47.5 Å². The van der Waals surface area contributed by atoms with Gasteiger partial charge in [-0.1, -0.05) is 30.3 Å². The normalized spacial score (nSPS) is 14.0. The summed E-state index contributed by atoms with van der Waals surface area (Å²) in [5.74, 6) is 1.44. The molecule has 8 heteroatoms. The van der Waals surface area contributed by atoms with E-state index in [1.54, 1.807) is 6.33 Å². The van der Waals surface area contributed by atoms with Crippen LogP contribution in [-0.4, -0.2) is 39.6 Å². The molecule has 1 aromatic carbocycles. The van der Waals surface area contributed by atoms with Crippen molar-refractivity contribution in [3.63, 3.8) is 0 Å². The molecule has 4 rings (SSSR count). The maximum Gasteiger partial charge on any atom is 0.225 e. The second kappa shape index (κ2) is 9.01. The zero-order valence-corrected chi connectivity index (χ0v) is 16.9. The Balaban J connectivity index is 1.78. The summed E-state index contributed by atoms with van der Waals surface area (Å²) >= 11 is 6.31. The van der Waals surface area contributed by atoms with Gasteiger partial charge in [-0.3, -0.25) is 0 Å². The van der Waals surface area contributed by atoms with Gasteiger partial charge < -0.3 is 9.80 Å². The monoisotopic (exact) mass is 407 g/mol. The van der Waals surface area contributed by atoms with Crippen molar-refractivity contribution in [2.75, 3.05) is 29.4 Å². The average molecular weight is 408 g/mol. The zero-order valence-electron chi connectivity index (χ0n) is 16.1. The van der Waals surface area contributed by atoms with Gasteiger partial charge in [-0.15, -0.1) is 0 Å². The minimum atomic E-state index is 0.189. The molecule has 0 aliphatic carbocycles. The predicted octanol–water partition coefficient (Wildman–Crippen LogP) is 3.98. The molecule has 148 valence electrons. The molecule has 0 saturated carbocycles. The molecular formula is C21H22ClN7. The number of nitrogens with zero attached hydrogens (tertiary/aromatic N) is 7. The maximum atomic E-state index is 9.14. The fourth-order valence-electron chi connectivity index (χ4n) is 3.70. The molecule has 2 aromatic heterocycles. The minimum Gasteiger partial charge on any atom is -0.355 e. The third kappa shape index (κ3) is 4.38. The number of anilines is 2. The van der Waals surface area contributed by atoms with E-state index < -0.39 is 0 Å². The van der Waals surface area contributed by atoms with E-state index in [-0.39, 0.29) is 5.28 Å². The first-order chi connectivity index (χ1) is 14.3. The molecule has 3 aromatic rings. The highest BCUT2D eigenvalue weighted by atomic mass is 35.5. The lowest BCUT2D eigenvalue weighted by Gasteiger charge is -2.29. The molecule has 0 radical (unpaired) electrons. The highest BCUT2D eigenvalue weighted by Gasteiger charge is 2.22. The number of benzene rings is 1. The van der Waals surface area contributed by atoms with Gasteiger partial charge in [0, 0.05) is 26.2 Å². The first kappa shape index (κ1) is 19.3. The van der Waals surface area contributed by atoms with Gasteiger partial charge in [-0.05, 0) is 36.4 Å². The minimum absolute atomic E-state index is 0.189. The summed E-state index contributed by atoms with van der Waals surface area (Å²) in [6, 6.07) is 12.3. The van der Waals surface area contributed by atoms with Crippen LogP contribution in [0.4, 0.5) is 11.6 Å². The van der Waals surface area contributed by atoms with Crippen LogP contribution in [0.25, 0.3) is 11.0 Å². The molecule has 0 spiro atoms. The molecule has 29 heavy (non-hydrogen) atoms. The van der Waals surface area contributed by atoms with E-state index >= 15 is 0 Å². The highest BCUT2D eigenvalue weighted by molar-refractivity contribution is 6.29. The van der Waals surface area contributed by atoms with Gasteiger partial charge in [-0.2, -0.15) is 10.2 Å². The van der Waals surface area contributed by atoms with Crippen molar-refractivity contribution >= 4 is 34.3 Å². The summed E-state index contributed by atoms with van der Waals surface area (Å²) in [7, 11) is 0. The Bertz CT molecular complexity index is 1010. The standard InChI is InChI=1S/C21H22ClN7/c22-21-26-18-17(20(27-21)28-11-5-2-6-12-28)24-15-25-19(18)29(13-7-10-23)14-16-8-3-1-4-9-16/h1,3-4,8-9,15H,2,5-7,11-14H2. The van der Waals surface area contributed by atoms with Crippen molar-refractivity contribution in [3.8, 4) is 6.07 Å². The van der Waals surface area contributed by atoms with Crippen LogP contribution in [0.1, 0.15) is 31.2 Å². The van der Waals surface area contributed by atoms with Crippen molar-refractivity contribution in [2.45, 2.75) is 32.2 Å². The molecule has 3 heterocycles. The van der Waals surface area contributed by atoms with Crippen molar-refractivity contribution in [2.24, 2.45) is 0 Å². The number of hydrogen-bond donors (Lipinski definition) is 0. The van der Waals surface area contributed by atoms with Gasteiger partial charge in [0.15, 0.2) is 11.6 Å². The van der Waals surface area contributed by atoms with Crippen LogP contribution in [0.3, 0.4) is 0 Å². The van der Waals surface area contributed by atoms with Crippen LogP contribution in [0.5, 0.6) is 0 Å². The van der Waals surface area contributed by atoms with Crippen molar-refractivity contribution < 1.29 is 0 Å². The Morgan fingerprint density at radius 2 is 1.83 bits per heavy atom. The van der Waals surface area contributed by atoms with Crippen LogP contribution in [0, 0.1) is 11.3 Å². The smallest absolute Gasteiger partial charge is 0.225 e. The molecule has 1 aliphatic rings. The molecule has 0 N–H and O–H groups in total. The largest absolute Gasteiger partial charge is 0.355 e. The Morgan fingerprint density at radius 1 is 1.03 bits per heavy atom. The molecule has 0 atom stereocenters. The average Bonchev–Trinajstić information content (AvgIpc) is 2.77. The summed E-state index contributed by atoms with van der Waals surface area (Å²) in [5, 5.41) is 9.33. The Morgan fingerprint density at radius 3 is 2.59 bits per heavy atom. The van der Waals surface area contributed by atoms with Gasteiger partial charge in [0.2, 0.25) is 5.28 Å². The van der Waals surface area contributed by atoms with Gasteiger partial charge in [0.25, 0.3) is 0 Å². The third-order valence-corrected chi connectivity index (χ3v) is 5.25. The number of hydrogen-bond acceptors (Lipinski definition) is 7. The summed E-state index contributed by atoms with van der Waals surface area (Å²) in [5.41, 5.74) is 2.46. The topological polar surface area (TPSA) is 81.8 Å². The number of piperidine rings is 1. The summed E-state index contributed by atoms with van der Waals surface area (Å²) in [6.45, 7) is 3.03. The second-order valence-corrected chi connectivity index (χ2v) is 7.41. The highest BCUT2D eigenvalue weighted by Crippen LogP contribution is 2.31. The van der Waals surface area contributed by atoms with Crippen LogP contribution in [0.2, 0.25) is 5.28 Å². The predicted molar refractivity (Wildman–Crippen MR) is 114 cm³/mol. The van der Waals surface area contributed by atoms with Crippen molar-refractivity contribution in [1.82, 2.24) is 19.9 Å². The molecule has 1 aliphatic heterocycles. The van der Waals surface area contributed by atoms with Gasteiger partial charge in [0.1, 0.15) is 17.4 Å². The zero-order chi connectivity index (χ0) is 20.1. The SMILES string of the molecule is N#CCCN(Cc1ccccc1)c1ncnc2c(N3CCCCC3)nc(Cl)nc12. The quantitative estimate of drug-likeness (QED) is 0.571. The number of aromatic nitrogens is 4. The number of rotatable bonds is 6. The Labute approximate surface area is 175 Å². The summed E-state index contributed by atoms with van der Waals surface area (Å²) in [6.07, 6.45) is 5.42. The van der Waals surface area contributed by atoms with Crippen LogP contribution >= 0.6 is 11.6 Å². The third-order valence-electron chi connectivity index (χ3n) is 5.08. The van der Waals surface area contributed by atoms with E-state index in [1.165, 1.54) is 6.42 Å². The molecule has 0 unspecified atom stereocenters. The van der Waals surface area contributed by atoms with E-state index in [0.717, 1.165) is 37.3 Å². The van der Waals surface area contributed by atoms with Crippen LogP contribution < -0.4 is 9.80 Å². The number of halogens is 1. The molecule has 1 fully saturated rings. The van der Waals surface area contributed by atoms with E-state index in [0.29, 0.717) is 36.4 Å². The molecular weight excluding hydrogens is 386 g/mol. The van der Waals surface area contributed by atoms with Gasteiger partial charge in [-0.25, -0.2) is 15.0 Å². The fourth-order valence-corrected chi connectivity index (χ4v) is 3.86. The van der Waals surface area contributed by atoms with Crippen LogP contribution in [0.15, 0.2) is 36.7 Å². The second-order valence-electron chi connectivity index (χ2n) is 7.07. The lowest BCUT2D eigenvalue weighted by molar-refractivity contribution is 0.574. The molecule has 0 bridgehead atoms. The lowest BCUT2D eigenvalue weighted by Crippen LogP contribution is -2.31. The van der Waals surface area contributed by atoms with E-state index in [1.807, 2.05) is 18.2 Å². The first-order valence-corrected chi connectivity index (χ1v) is 10.2. The van der Waals surface area contributed by atoms with Crippen LogP contribution in [-0.2, 0) is 6.54 Å². The first-order valence-electron chi connectivity index (χ1n) is 9.85.